The van der Waals surface area contributed by atoms with E-state index in [9.17, 15) is 14.4 Å². The van der Waals surface area contributed by atoms with Crippen LogP contribution in [0.2, 0.25) is 0 Å². The van der Waals surface area contributed by atoms with Crippen LogP contribution in [0.3, 0.4) is 0 Å². The Labute approximate surface area is 172 Å². The molecule has 3 aromatic rings. The monoisotopic (exact) mass is 412 g/mol. The highest BCUT2D eigenvalue weighted by Gasteiger charge is 2.13. The predicted octanol–water partition coefficient (Wildman–Crippen LogP) is 1.05. The molecular weight excluding hydrogens is 388 g/mol. The van der Waals surface area contributed by atoms with E-state index in [0.717, 1.165) is 11.1 Å². The van der Waals surface area contributed by atoms with Crippen molar-refractivity contribution >= 4 is 29.0 Å². The first-order valence-electron chi connectivity index (χ1n) is 9.43. The molecule has 0 aliphatic rings. The van der Waals surface area contributed by atoms with E-state index in [1.165, 1.54) is 11.9 Å². The number of nitrogens with two attached hydrogens (primary N) is 1. The fraction of sp³-hybridized carbons (Fsp3) is 0.300. The third-order valence-electron chi connectivity index (χ3n) is 4.74. The second-order valence-electron chi connectivity index (χ2n) is 6.80. The normalized spacial score (nSPS) is 10.7. The summed E-state index contributed by atoms with van der Waals surface area (Å²) >= 11 is 0. The maximum absolute atomic E-state index is 12.5. The number of nitrogens with zero attached hydrogens (tertiary/aromatic N) is 2. The molecule has 10 nitrogen and oxygen atoms in total. The Bertz CT molecular complexity index is 1100. The molecular formula is C20H24N6O4. The Kier molecular flexibility index (Phi) is 6.35. The van der Waals surface area contributed by atoms with Crippen LogP contribution < -0.4 is 16.6 Å². The van der Waals surface area contributed by atoms with Crippen LogP contribution in [-0.4, -0.2) is 59.1 Å². The SMILES string of the molecule is CNC(=O)OCCN(C)C(=O)c1ccc(CCc2c[nH]c3nc(N)[nH]c(=O)c23)cc1. The number of benzene rings is 1. The molecule has 0 spiro atoms. The highest BCUT2D eigenvalue weighted by molar-refractivity contribution is 5.94. The highest BCUT2D eigenvalue weighted by Crippen LogP contribution is 2.16. The average molecular weight is 412 g/mol. The number of ether oxygens (including phenoxy) is 1. The van der Waals surface area contributed by atoms with Crippen molar-refractivity contribution < 1.29 is 14.3 Å². The van der Waals surface area contributed by atoms with E-state index in [1.807, 2.05) is 12.1 Å². The number of H-pyrrole nitrogens is 2. The average Bonchev–Trinajstić information content (AvgIpc) is 3.14. The van der Waals surface area contributed by atoms with E-state index in [4.69, 9.17) is 10.5 Å². The molecule has 158 valence electrons. The number of carbonyl (C=O) groups is 2. The van der Waals surface area contributed by atoms with Gasteiger partial charge in [0, 0.05) is 25.9 Å². The van der Waals surface area contributed by atoms with Crippen molar-refractivity contribution in [2.45, 2.75) is 12.8 Å². The van der Waals surface area contributed by atoms with Crippen LogP contribution in [0, 0.1) is 0 Å². The third-order valence-corrected chi connectivity index (χ3v) is 4.74. The largest absolute Gasteiger partial charge is 0.448 e. The van der Waals surface area contributed by atoms with Gasteiger partial charge in [0.05, 0.1) is 11.9 Å². The molecule has 2 heterocycles. The van der Waals surface area contributed by atoms with Gasteiger partial charge in [0.1, 0.15) is 12.3 Å². The van der Waals surface area contributed by atoms with Crippen molar-refractivity contribution in [3.05, 3.63) is 57.5 Å². The molecule has 0 atom stereocenters. The summed E-state index contributed by atoms with van der Waals surface area (Å²) in [5, 5.41) is 2.86. The van der Waals surface area contributed by atoms with E-state index in [0.29, 0.717) is 36.0 Å². The number of nitrogens with one attached hydrogen (secondary N) is 3. The number of anilines is 1. The second-order valence-corrected chi connectivity index (χ2v) is 6.80. The first-order chi connectivity index (χ1) is 14.4. The van der Waals surface area contributed by atoms with Crippen LogP contribution in [0.25, 0.3) is 11.0 Å². The van der Waals surface area contributed by atoms with Gasteiger partial charge in [-0.05, 0) is 36.1 Å². The summed E-state index contributed by atoms with van der Waals surface area (Å²) in [6.45, 7) is 0.409. The molecule has 0 saturated carbocycles. The molecule has 1 aromatic carbocycles. The zero-order chi connectivity index (χ0) is 21.7. The molecule has 0 saturated heterocycles. The van der Waals surface area contributed by atoms with Crippen molar-refractivity contribution in [3.63, 3.8) is 0 Å². The maximum Gasteiger partial charge on any atom is 0.406 e. The Morgan fingerprint density at radius 2 is 1.97 bits per heavy atom. The molecule has 0 aliphatic heterocycles. The van der Waals surface area contributed by atoms with E-state index in [1.54, 1.807) is 25.4 Å². The molecule has 0 aliphatic carbocycles. The summed E-state index contributed by atoms with van der Waals surface area (Å²) in [6, 6.07) is 7.30. The van der Waals surface area contributed by atoms with Crippen LogP contribution in [0.5, 0.6) is 0 Å². The van der Waals surface area contributed by atoms with Gasteiger partial charge in [0.25, 0.3) is 11.5 Å². The minimum atomic E-state index is -0.531. The Morgan fingerprint density at radius 3 is 2.67 bits per heavy atom. The van der Waals surface area contributed by atoms with Gasteiger partial charge < -0.3 is 25.7 Å². The number of aromatic nitrogens is 3. The van der Waals surface area contributed by atoms with Crippen molar-refractivity contribution in [3.8, 4) is 0 Å². The minimum absolute atomic E-state index is 0.0753. The van der Waals surface area contributed by atoms with Crippen LogP contribution in [0.4, 0.5) is 10.7 Å². The van der Waals surface area contributed by atoms with Crippen molar-refractivity contribution in [1.29, 1.82) is 0 Å². The molecule has 30 heavy (non-hydrogen) atoms. The van der Waals surface area contributed by atoms with Gasteiger partial charge >= 0.3 is 6.09 Å². The number of hydrogen-bond donors (Lipinski definition) is 4. The van der Waals surface area contributed by atoms with E-state index in [2.05, 4.69) is 20.3 Å². The summed E-state index contributed by atoms with van der Waals surface area (Å²) in [5.41, 5.74) is 8.20. The van der Waals surface area contributed by atoms with Gasteiger partial charge in [-0.25, -0.2) is 4.79 Å². The lowest BCUT2D eigenvalue weighted by Crippen LogP contribution is -2.32. The van der Waals surface area contributed by atoms with E-state index < -0.39 is 6.09 Å². The summed E-state index contributed by atoms with van der Waals surface area (Å²) in [4.78, 5) is 46.7. The molecule has 5 N–H and O–H groups in total. The lowest BCUT2D eigenvalue weighted by Gasteiger charge is -2.17. The zero-order valence-electron chi connectivity index (χ0n) is 16.8. The number of aryl methyl sites for hydroxylation is 2. The lowest BCUT2D eigenvalue weighted by atomic mass is 10.0. The first kappa shape index (κ1) is 20.9. The molecule has 10 heteroatoms. The van der Waals surface area contributed by atoms with Crippen LogP contribution in [0.1, 0.15) is 21.5 Å². The molecule has 2 amide bonds. The van der Waals surface area contributed by atoms with Gasteiger partial charge in [-0.3, -0.25) is 14.6 Å². The van der Waals surface area contributed by atoms with E-state index in [-0.39, 0.29) is 24.0 Å². The van der Waals surface area contributed by atoms with Gasteiger partial charge in [0.15, 0.2) is 0 Å². The Hall–Kier alpha value is -3.82. The minimum Gasteiger partial charge on any atom is -0.448 e. The standard InChI is InChI=1S/C20H24N6O4/c1-22-20(29)30-10-9-26(2)18(28)13-6-3-12(4-7-13)5-8-14-11-23-16-15(14)17(27)25-19(21)24-16/h3-4,6-7,11H,5,8-10H2,1-2H3,(H,22,29)(H4,21,23,24,25,27). The number of likely N-dealkylation sites (N-methyl/N-ethyl adjacent to an activating group) is 1. The number of alkyl carbamates (subject to hydrolysis) is 1. The zero-order valence-corrected chi connectivity index (χ0v) is 16.8. The lowest BCUT2D eigenvalue weighted by molar-refractivity contribution is 0.0745. The predicted molar refractivity (Wildman–Crippen MR) is 112 cm³/mol. The van der Waals surface area contributed by atoms with Gasteiger partial charge in [-0.15, -0.1) is 0 Å². The third kappa shape index (κ3) is 4.77. The summed E-state index contributed by atoms with van der Waals surface area (Å²) in [7, 11) is 3.13. The van der Waals surface area contributed by atoms with Gasteiger partial charge in [-0.2, -0.15) is 4.98 Å². The van der Waals surface area contributed by atoms with Crippen molar-refractivity contribution in [1.82, 2.24) is 25.2 Å². The fourth-order valence-electron chi connectivity index (χ4n) is 3.08. The fourth-order valence-corrected chi connectivity index (χ4v) is 3.08. The number of aromatic amines is 2. The van der Waals surface area contributed by atoms with Crippen LogP contribution >= 0.6 is 0 Å². The Morgan fingerprint density at radius 1 is 1.23 bits per heavy atom. The van der Waals surface area contributed by atoms with Gasteiger partial charge in [0.2, 0.25) is 5.95 Å². The number of hydrogen-bond acceptors (Lipinski definition) is 6. The van der Waals surface area contributed by atoms with Crippen molar-refractivity contribution in [2.75, 3.05) is 33.0 Å². The van der Waals surface area contributed by atoms with Crippen LogP contribution in [0.15, 0.2) is 35.3 Å². The number of amides is 2. The Balaban J connectivity index is 1.59. The maximum atomic E-state index is 12.5. The molecule has 0 radical (unpaired) electrons. The molecule has 0 bridgehead atoms. The number of rotatable bonds is 7. The number of carbonyl (C=O) groups excluding carboxylic acids is 2. The molecule has 2 aromatic heterocycles. The first-order valence-corrected chi connectivity index (χ1v) is 9.43. The van der Waals surface area contributed by atoms with E-state index >= 15 is 0 Å². The smallest absolute Gasteiger partial charge is 0.406 e. The topological polar surface area (TPSA) is 146 Å². The molecule has 0 unspecified atom stereocenters. The van der Waals surface area contributed by atoms with Crippen LogP contribution in [-0.2, 0) is 17.6 Å². The van der Waals surface area contributed by atoms with Crippen molar-refractivity contribution in [2.24, 2.45) is 0 Å². The summed E-state index contributed by atoms with van der Waals surface area (Å²) in [6.07, 6.45) is 2.57. The summed E-state index contributed by atoms with van der Waals surface area (Å²) < 4.78 is 4.90. The second kappa shape index (κ2) is 9.12. The molecule has 3 rings (SSSR count). The van der Waals surface area contributed by atoms with Gasteiger partial charge in [-0.1, -0.05) is 12.1 Å². The number of fused-ring (bicyclic) bond motifs is 1. The highest BCUT2D eigenvalue weighted by atomic mass is 16.5. The number of nitrogen functional groups attached to an aromatic ring is 1. The molecule has 0 fully saturated rings. The summed E-state index contributed by atoms with van der Waals surface area (Å²) in [5.74, 6) is -0.0831. The quantitative estimate of drug-likeness (QED) is 0.456.